The average Bonchev–Trinajstić information content (AvgIpc) is 2.28. The fourth-order valence-corrected chi connectivity index (χ4v) is 1.45. The second-order valence-electron chi connectivity index (χ2n) is 3.66. The van der Waals surface area contributed by atoms with Gasteiger partial charge < -0.3 is 10.4 Å². The second kappa shape index (κ2) is 5.90. The first-order chi connectivity index (χ1) is 8.08. The van der Waals surface area contributed by atoms with E-state index in [1.54, 1.807) is 0 Å². The molecule has 0 saturated heterocycles. The summed E-state index contributed by atoms with van der Waals surface area (Å²) >= 11 is 0. The summed E-state index contributed by atoms with van der Waals surface area (Å²) in [6.07, 6.45) is 6.56. The standard InChI is InChI=1S/C13H14FNO2/c1-3-5-9(4-2)15-10-6-7-11(13(16)17)12(14)8-10/h1,6-9,15H,4-5H2,2H3,(H,16,17). The topological polar surface area (TPSA) is 49.3 Å². The van der Waals surface area contributed by atoms with Gasteiger partial charge in [0.05, 0.1) is 5.56 Å². The third kappa shape index (κ3) is 3.49. The number of carboxylic acid groups (broad SMARTS) is 1. The Hall–Kier alpha value is -2.02. The molecule has 3 nitrogen and oxygen atoms in total. The molecule has 0 fully saturated rings. The summed E-state index contributed by atoms with van der Waals surface area (Å²) in [7, 11) is 0. The van der Waals surface area contributed by atoms with Crippen LogP contribution in [0.1, 0.15) is 30.1 Å². The molecule has 1 atom stereocenters. The maximum Gasteiger partial charge on any atom is 0.338 e. The highest BCUT2D eigenvalue weighted by atomic mass is 19.1. The van der Waals surface area contributed by atoms with Crippen LogP contribution >= 0.6 is 0 Å². The summed E-state index contributed by atoms with van der Waals surface area (Å²) in [6.45, 7) is 1.97. The van der Waals surface area contributed by atoms with Crippen LogP contribution in [-0.4, -0.2) is 17.1 Å². The molecular weight excluding hydrogens is 221 g/mol. The zero-order valence-corrected chi connectivity index (χ0v) is 9.53. The Morgan fingerprint density at radius 2 is 2.35 bits per heavy atom. The molecule has 0 aliphatic carbocycles. The Morgan fingerprint density at radius 3 is 2.82 bits per heavy atom. The predicted molar refractivity (Wildman–Crippen MR) is 64.5 cm³/mol. The highest BCUT2D eigenvalue weighted by Crippen LogP contribution is 2.16. The van der Waals surface area contributed by atoms with Crippen LogP contribution in [0, 0.1) is 18.2 Å². The third-order valence-corrected chi connectivity index (χ3v) is 2.43. The van der Waals surface area contributed by atoms with Crippen molar-refractivity contribution < 1.29 is 14.3 Å². The number of hydrogen-bond donors (Lipinski definition) is 2. The van der Waals surface area contributed by atoms with E-state index in [4.69, 9.17) is 11.5 Å². The summed E-state index contributed by atoms with van der Waals surface area (Å²) in [5.41, 5.74) is 0.204. The molecule has 17 heavy (non-hydrogen) atoms. The van der Waals surface area contributed by atoms with Gasteiger partial charge in [0, 0.05) is 18.2 Å². The second-order valence-corrected chi connectivity index (χ2v) is 3.66. The summed E-state index contributed by atoms with van der Waals surface area (Å²) in [5.74, 6) is 0.508. The van der Waals surface area contributed by atoms with Crippen molar-refractivity contribution >= 4 is 11.7 Å². The van der Waals surface area contributed by atoms with E-state index in [-0.39, 0.29) is 11.6 Å². The maximum absolute atomic E-state index is 13.4. The molecule has 0 heterocycles. The van der Waals surface area contributed by atoms with Gasteiger partial charge in [-0.25, -0.2) is 9.18 Å². The quantitative estimate of drug-likeness (QED) is 0.771. The van der Waals surface area contributed by atoms with E-state index >= 15 is 0 Å². The first-order valence-corrected chi connectivity index (χ1v) is 5.31. The van der Waals surface area contributed by atoms with Crippen molar-refractivity contribution in [2.24, 2.45) is 0 Å². The Labute approximate surface area is 99.7 Å². The minimum atomic E-state index is -1.27. The van der Waals surface area contributed by atoms with Crippen LogP contribution in [0.3, 0.4) is 0 Å². The highest BCUT2D eigenvalue weighted by molar-refractivity contribution is 5.88. The number of nitrogens with one attached hydrogen (secondary N) is 1. The molecule has 2 N–H and O–H groups in total. The number of terminal acetylenes is 1. The lowest BCUT2D eigenvalue weighted by molar-refractivity contribution is 0.0692. The number of rotatable bonds is 5. The molecule has 1 rings (SSSR count). The van der Waals surface area contributed by atoms with Crippen molar-refractivity contribution in [3.05, 3.63) is 29.6 Å². The Morgan fingerprint density at radius 1 is 1.65 bits per heavy atom. The summed E-state index contributed by atoms with van der Waals surface area (Å²) in [4.78, 5) is 10.6. The summed E-state index contributed by atoms with van der Waals surface area (Å²) in [5, 5.41) is 11.7. The average molecular weight is 235 g/mol. The third-order valence-electron chi connectivity index (χ3n) is 2.43. The number of anilines is 1. The van der Waals surface area contributed by atoms with E-state index in [0.717, 1.165) is 6.42 Å². The van der Waals surface area contributed by atoms with Gasteiger partial charge in [-0.05, 0) is 24.6 Å². The molecular formula is C13H14FNO2. The molecule has 1 aromatic carbocycles. The number of hydrogen-bond acceptors (Lipinski definition) is 2. The Bertz CT molecular complexity index is 451. The first kappa shape index (κ1) is 13.0. The molecule has 0 radical (unpaired) electrons. The van der Waals surface area contributed by atoms with Crippen LogP contribution in [0.2, 0.25) is 0 Å². The van der Waals surface area contributed by atoms with E-state index in [1.165, 1.54) is 18.2 Å². The number of carbonyl (C=O) groups is 1. The van der Waals surface area contributed by atoms with Gasteiger partial charge in [-0.2, -0.15) is 0 Å². The largest absolute Gasteiger partial charge is 0.478 e. The zero-order chi connectivity index (χ0) is 12.8. The van der Waals surface area contributed by atoms with E-state index < -0.39 is 11.8 Å². The van der Waals surface area contributed by atoms with Crippen molar-refractivity contribution in [3.8, 4) is 12.3 Å². The van der Waals surface area contributed by atoms with Gasteiger partial charge in [0.25, 0.3) is 0 Å². The van der Waals surface area contributed by atoms with Crippen LogP contribution in [-0.2, 0) is 0 Å². The predicted octanol–water partition coefficient (Wildman–Crippen LogP) is 2.74. The van der Waals surface area contributed by atoms with Gasteiger partial charge in [-0.3, -0.25) is 0 Å². The number of aromatic carboxylic acids is 1. The monoisotopic (exact) mass is 235 g/mol. The Balaban J connectivity index is 2.84. The fourth-order valence-electron chi connectivity index (χ4n) is 1.45. The molecule has 0 bridgehead atoms. The molecule has 4 heteroatoms. The van der Waals surface area contributed by atoms with Crippen LogP contribution in [0.4, 0.5) is 10.1 Å². The molecule has 1 aromatic rings. The van der Waals surface area contributed by atoms with Gasteiger partial charge >= 0.3 is 5.97 Å². The van der Waals surface area contributed by atoms with E-state index in [0.29, 0.717) is 12.1 Å². The molecule has 0 spiro atoms. The van der Waals surface area contributed by atoms with Gasteiger partial charge in [0.1, 0.15) is 5.82 Å². The number of carboxylic acids is 1. The van der Waals surface area contributed by atoms with Crippen LogP contribution in [0.25, 0.3) is 0 Å². The van der Waals surface area contributed by atoms with Crippen molar-refractivity contribution in [2.75, 3.05) is 5.32 Å². The molecule has 0 aliphatic rings. The SMILES string of the molecule is C#CCC(CC)Nc1ccc(C(=O)O)c(F)c1. The van der Waals surface area contributed by atoms with Crippen LogP contribution in [0.15, 0.2) is 18.2 Å². The smallest absolute Gasteiger partial charge is 0.338 e. The lowest BCUT2D eigenvalue weighted by Crippen LogP contribution is -2.17. The van der Waals surface area contributed by atoms with Crippen molar-refractivity contribution in [1.29, 1.82) is 0 Å². The lowest BCUT2D eigenvalue weighted by atomic mass is 10.1. The minimum Gasteiger partial charge on any atom is -0.478 e. The zero-order valence-electron chi connectivity index (χ0n) is 9.53. The van der Waals surface area contributed by atoms with Gasteiger partial charge in [-0.15, -0.1) is 12.3 Å². The van der Waals surface area contributed by atoms with E-state index in [2.05, 4.69) is 11.2 Å². The maximum atomic E-state index is 13.4. The van der Waals surface area contributed by atoms with E-state index in [9.17, 15) is 9.18 Å². The van der Waals surface area contributed by atoms with Crippen molar-refractivity contribution in [2.45, 2.75) is 25.8 Å². The first-order valence-electron chi connectivity index (χ1n) is 5.31. The lowest BCUT2D eigenvalue weighted by Gasteiger charge is -2.15. The van der Waals surface area contributed by atoms with E-state index in [1.807, 2.05) is 6.92 Å². The molecule has 0 aromatic heterocycles. The molecule has 0 saturated carbocycles. The van der Waals surface area contributed by atoms with Gasteiger partial charge in [-0.1, -0.05) is 6.92 Å². The highest BCUT2D eigenvalue weighted by Gasteiger charge is 2.11. The van der Waals surface area contributed by atoms with Gasteiger partial charge in [0.2, 0.25) is 0 Å². The fraction of sp³-hybridized carbons (Fsp3) is 0.308. The molecule has 0 amide bonds. The minimum absolute atomic E-state index is 0.0649. The Kier molecular flexibility index (Phi) is 4.53. The molecule has 90 valence electrons. The summed E-state index contributed by atoms with van der Waals surface area (Å²) < 4.78 is 13.4. The van der Waals surface area contributed by atoms with Crippen molar-refractivity contribution in [1.82, 2.24) is 0 Å². The summed E-state index contributed by atoms with van der Waals surface area (Å²) in [6, 6.07) is 4.01. The van der Waals surface area contributed by atoms with Crippen molar-refractivity contribution in [3.63, 3.8) is 0 Å². The van der Waals surface area contributed by atoms with Gasteiger partial charge in [0.15, 0.2) is 0 Å². The number of benzene rings is 1. The van der Waals surface area contributed by atoms with Crippen LogP contribution in [0.5, 0.6) is 0 Å². The normalized spacial score (nSPS) is 11.6. The molecule has 0 aliphatic heterocycles. The molecule has 1 unspecified atom stereocenters. The number of halogens is 1. The van der Waals surface area contributed by atoms with Crippen LogP contribution < -0.4 is 5.32 Å².